The lowest BCUT2D eigenvalue weighted by atomic mass is 10.2. The smallest absolute Gasteiger partial charge is 0.334 e. The number of aliphatic hydroxyl groups is 1. The first kappa shape index (κ1) is 12.9. The zero-order chi connectivity index (χ0) is 13.0. The Bertz CT molecular complexity index is 448. The van der Waals surface area contributed by atoms with Crippen LogP contribution in [0.2, 0.25) is 0 Å². The Morgan fingerprint density at radius 3 is 2.65 bits per heavy atom. The van der Waals surface area contributed by atoms with Crippen LogP contribution in [-0.4, -0.2) is 39.8 Å². The molecular weight excluding hydrogens is 233 g/mol. The quantitative estimate of drug-likeness (QED) is 0.581. The molecule has 0 bridgehead atoms. The average Bonchev–Trinajstić information content (AvgIpc) is 2.28. The average molecular weight is 243 g/mol. The van der Waals surface area contributed by atoms with Crippen LogP contribution in [0.3, 0.4) is 0 Å². The number of phenols is 1. The molecule has 0 radical (unpaired) electrons. The fourth-order valence-electron chi connectivity index (χ4n) is 1.06. The molecule has 6 nitrogen and oxygen atoms in total. The Morgan fingerprint density at radius 1 is 1.41 bits per heavy atom. The van der Waals surface area contributed by atoms with Gasteiger partial charge in [0.15, 0.2) is 6.10 Å². The Kier molecular flexibility index (Phi) is 4.00. The fourth-order valence-corrected chi connectivity index (χ4v) is 1.06. The molecule has 1 amide bonds. The molecule has 1 rings (SSSR count). The SMILES string of the molecule is O=C(NC[C@H](O)C(=O)O)c1cc(F)ccc1O. The van der Waals surface area contributed by atoms with E-state index in [4.69, 9.17) is 10.2 Å². The molecule has 0 saturated carbocycles. The molecule has 0 aromatic heterocycles. The van der Waals surface area contributed by atoms with Crippen LogP contribution in [0, 0.1) is 5.82 Å². The topological polar surface area (TPSA) is 107 Å². The summed E-state index contributed by atoms with van der Waals surface area (Å²) < 4.78 is 12.8. The Hall–Kier alpha value is -2.15. The number of carbonyl (C=O) groups excluding carboxylic acids is 1. The van der Waals surface area contributed by atoms with E-state index in [1.54, 1.807) is 0 Å². The minimum atomic E-state index is -1.75. The number of halogens is 1. The summed E-state index contributed by atoms with van der Waals surface area (Å²) >= 11 is 0. The number of rotatable bonds is 4. The first-order chi connectivity index (χ1) is 7.91. The molecule has 4 N–H and O–H groups in total. The summed E-state index contributed by atoms with van der Waals surface area (Å²) in [6.07, 6.45) is -1.75. The van der Waals surface area contributed by atoms with Crippen LogP contribution in [0.25, 0.3) is 0 Å². The summed E-state index contributed by atoms with van der Waals surface area (Å²) in [4.78, 5) is 21.7. The third-order valence-electron chi connectivity index (χ3n) is 1.94. The van der Waals surface area contributed by atoms with Crippen molar-refractivity contribution in [3.8, 4) is 5.75 Å². The molecule has 0 unspecified atom stereocenters. The van der Waals surface area contributed by atoms with Gasteiger partial charge in [-0.25, -0.2) is 9.18 Å². The molecule has 92 valence electrons. The van der Waals surface area contributed by atoms with Gasteiger partial charge in [-0.3, -0.25) is 4.79 Å². The molecule has 17 heavy (non-hydrogen) atoms. The standard InChI is InChI=1S/C10H10FNO5/c11-5-1-2-7(13)6(3-5)9(15)12-4-8(14)10(16)17/h1-3,8,13-14H,4H2,(H,12,15)(H,16,17)/t8-/m0/s1. The van der Waals surface area contributed by atoms with Gasteiger partial charge < -0.3 is 20.6 Å². The highest BCUT2D eigenvalue weighted by atomic mass is 19.1. The van der Waals surface area contributed by atoms with Crippen molar-refractivity contribution in [1.82, 2.24) is 5.32 Å². The second-order valence-electron chi connectivity index (χ2n) is 3.23. The van der Waals surface area contributed by atoms with Gasteiger partial charge in [-0.15, -0.1) is 0 Å². The van der Waals surface area contributed by atoms with E-state index in [1.807, 2.05) is 0 Å². The van der Waals surface area contributed by atoms with E-state index in [2.05, 4.69) is 5.32 Å². The van der Waals surface area contributed by atoms with Crippen LogP contribution >= 0.6 is 0 Å². The number of aliphatic carboxylic acids is 1. The minimum Gasteiger partial charge on any atom is -0.507 e. The number of carbonyl (C=O) groups is 2. The lowest BCUT2D eigenvalue weighted by Crippen LogP contribution is -2.36. The van der Waals surface area contributed by atoms with E-state index in [1.165, 1.54) is 0 Å². The Morgan fingerprint density at radius 2 is 2.06 bits per heavy atom. The maximum Gasteiger partial charge on any atom is 0.334 e. The van der Waals surface area contributed by atoms with Gasteiger partial charge in [0.2, 0.25) is 0 Å². The highest BCUT2D eigenvalue weighted by molar-refractivity contribution is 5.97. The van der Waals surface area contributed by atoms with Gasteiger partial charge in [0.25, 0.3) is 5.91 Å². The number of carboxylic acid groups (broad SMARTS) is 1. The van der Waals surface area contributed by atoms with E-state index in [9.17, 15) is 19.1 Å². The van der Waals surface area contributed by atoms with Crippen molar-refractivity contribution in [3.63, 3.8) is 0 Å². The molecule has 0 saturated heterocycles. The number of aliphatic hydroxyl groups excluding tert-OH is 1. The van der Waals surface area contributed by atoms with Gasteiger partial charge in [0.05, 0.1) is 12.1 Å². The van der Waals surface area contributed by atoms with Crippen molar-refractivity contribution in [2.45, 2.75) is 6.10 Å². The second-order valence-corrected chi connectivity index (χ2v) is 3.23. The number of hydrogen-bond acceptors (Lipinski definition) is 4. The number of aromatic hydroxyl groups is 1. The molecule has 0 fully saturated rings. The number of carboxylic acids is 1. The molecule has 1 aromatic carbocycles. The molecule has 7 heteroatoms. The molecule has 0 aliphatic heterocycles. The van der Waals surface area contributed by atoms with Gasteiger partial charge in [0, 0.05) is 0 Å². The van der Waals surface area contributed by atoms with Gasteiger partial charge in [-0.1, -0.05) is 0 Å². The van der Waals surface area contributed by atoms with E-state index >= 15 is 0 Å². The predicted molar refractivity (Wildman–Crippen MR) is 54.0 cm³/mol. The van der Waals surface area contributed by atoms with Crippen LogP contribution in [-0.2, 0) is 4.79 Å². The second kappa shape index (κ2) is 5.26. The zero-order valence-corrected chi connectivity index (χ0v) is 8.55. The van der Waals surface area contributed by atoms with E-state index < -0.39 is 36.1 Å². The summed E-state index contributed by atoms with van der Waals surface area (Å²) in [6, 6.07) is 2.77. The van der Waals surface area contributed by atoms with Gasteiger partial charge in [-0.05, 0) is 18.2 Å². The minimum absolute atomic E-state index is 0.331. The highest BCUT2D eigenvalue weighted by Gasteiger charge is 2.17. The van der Waals surface area contributed by atoms with Gasteiger partial charge in [-0.2, -0.15) is 0 Å². The molecule has 0 spiro atoms. The number of hydrogen-bond donors (Lipinski definition) is 4. The van der Waals surface area contributed by atoms with E-state index in [0.717, 1.165) is 18.2 Å². The van der Waals surface area contributed by atoms with Crippen LogP contribution in [0.15, 0.2) is 18.2 Å². The summed E-state index contributed by atoms with van der Waals surface area (Å²) in [5.41, 5.74) is -0.331. The van der Waals surface area contributed by atoms with E-state index in [0.29, 0.717) is 0 Å². The Labute approximate surface area is 95.3 Å². The lowest BCUT2D eigenvalue weighted by Gasteiger charge is -2.08. The van der Waals surface area contributed by atoms with E-state index in [-0.39, 0.29) is 5.56 Å². The fraction of sp³-hybridized carbons (Fsp3) is 0.200. The first-order valence-corrected chi connectivity index (χ1v) is 4.59. The van der Waals surface area contributed by atoms with Crippen molar-refractivity contribution in [3.05, 3.63) is 29.6 Å². The number of amides is 1. The maximum absolute atomic E-state index is 12.8. The number of phenolic OH excluding ortho intramolecular Hbond substituents is 1. The molecule has 0 aliphatic carbocycles. The summed E-state index contributed by atoms with van der Waals surface area (Å²) in [5.74, 6) is -3.52. The normalized spacial score (nSPS) is 11.9. The largest absolute Gasteiger partial charge is 0.507 e. The maximum atomic E-state index is 12.8. The van der Waals surface area contributed by atoms with Crippen molar-refractivity contribution in [2.24, 2.45) is 0 Å². The van der Waals surface area contributed by atoms with Gasteiger partial charge in [0.1, 0.15) is 11.6 Å². The first-order valence-electron chi connectivity index (χ1n) is 4.59. The van der Waals surface area contributed by atoms with Crippen LogP contribution in [0.1, 0.15) is 10.4 Å². The van der Waals surface area contributed by atoms with Gasteiger partial charge >= 0.3 is 5.97 Å². The third-order valence-corrected chi connectivity index (χ3v) is 1.94. The van der Waals surface area contributed by atoms with Crippen molar-refractivity contribution in [2.75, 3.05) is 6.54 Å². The molecular formula is C10H10FNO5. The molecule has 1 aromatic rings. The Balaban J connectivity index is 2.70. The third kappa shape index (κ3) is 3.42. The van der Waals surface area contributed by atoms with Crippen LogP contribution < -0.4 is 5.32 Å². The highest BCUT2D eigenvalue weighted by Crippen LogP contribution is 2.17. The monoisotopic (exact) mass is 243 g/mol. The summed E-state index contributed by atoms with van der Waals surface area (Å²) in [6.45, 7) is -0.538. The molecule has 1 atom stereocenters. The predicted octanol–water partition coefficient (Wildman–Crippen LogP) is -0.293. The summed E-state index contributed by atoms with van der Waals surface area (Å²) in [7, 11) is 0. The lowest BCUT2D eigenvalue weighted by molar-refractivity contribution is -0.146. The van der Waals surface area contributed by atoms with Crippen molar-refractivity contribution >= 4 is 11.9 Å². The van der Waals surface area contributed by atoms with Crippen molar-refractivity contribution in [1.29, 1.82) is 0 Å². The number of benzene rings is 1. The van der Waals surface area contributed by atoms with Crippen LogP contribution in [0.4, 0.5) is 4.39 Å². The molecule has 0 heterocycles. The molecule has 0 aliphatic rings. The summed E-state index contributed by atoms with van der Waals surface area (Å²) in [5, 5.41) is 28.6. The van der Waals surface area contributed by atoms with Crippen LogP contribution in [0.5, 0.6) is 5.75 Å². The number of nitrogens with one attached hydrogen (secondary N) is 1. The zero-order valence-electron chi connectivity index (χ0n) is 8.55. The van der Waals surface area contributed by atoms with Crippen molar-refractivity contribution < 1.29 is 29.3 Å².